The second kappa shape index (κ2) is 4.54. The van der Waals surface area contributed by atoms with E-state index in [4.69, 9.17) is 11.0 Å². The van der Waals surface area contributed by atoms with E-state index in [1.807, 2.05) is 18.2 Å². The first kappa shape index (κ1) is 11.4. The Morgan fingerprint density at radius 1 is 1.11 bits per heavy atom. The molecule has 4 nitrogen and oxygen atoms in total. The standard InChI is InChI=1S/C15H12N4/c16-9-10-5-1-2-6-11(10)15-18-13-8-4-3-7-12(13)14(17)19-15/h1-2,5-8H,3-4H2,(H2,17,18,19). The van der Waals surface area contributed by atoms with Crippen LogP contribution in [0.25, 0.3) is 23.5 Å². The van der Waals surface area contributed by atoms with Gasteiger partial charge >= 0.3 is 0 Å². The van der Waals surface area contributed by atoms with Gasteiger partial charge in [-0.25, -0.2) is 9.97 Å². The highest BCUT2D eigenvalue weighted by Crippen LogP contribution is 2.18. The quantitative estimate of drug-likeness (QED) is 0.815. The topological polar surface area (TPSA) is 75.6 Å². The van der Waals surface area contributed by atoms with Crippen LogP contribution in [0.4, 0.5) is 5.82 Å². The van der Waals surface area contributed by atoms with Crippen molar-refractivity contribution in [1.82, 2.24) is 9.97 Å². The fourth-order valence-electron chi connectivity index (χ4n) is 2.21. The van der Waals surface area contributed by atoms with E-state index in [0.29, 0.717) is 17.2 Å². The Morgan fingerprint density at radius 2 is 1.89 bits per heavy atom. The zero-order valence-corrected chi connectivity index (χ0v) is 10.3. The van der Waals surface area contributed by atoms with Crippen LogP contribution < -0.4 is 16.3 Å². The van der Waals surface area contributed by atoms with Crippen molar-refractivity contribution >= 4 is 18.0 Å². The predicted octanol–water partition coefficient (Wildman–Crippen LogP) is 0.952. The molecule has 1 aromatic heterocycles. The zero-order valence-electron chi connectivity index (χ0n) is 10.3. The van der Waals surface area contributed by atoms with Crippen molar-refractivity contribution in [2.24, 2.45) is 0 Å². The summed E-state index contributed by atoms with van der Waals surface area (Å²) in [5.74, 6) is 0.989. The number of nitrogens with two attached hydrogens (primary N) is 1. The van der Waals surface area contributed by atoms with E-state index in [1.54, 1.807) is 6.07 Å². The van der Waals surface area contributed by atoms with Gasteiger partial charge in [0, 0.05) is 10.8 Å². The van der Waals surface area contributed by atoms with Gasteiger partial charge in [0.15, 0.2) is 5.82 Å². The van der Waals surface area contributed by atoms with Crippen molar-refractivity contribution in [3.8, 4) is 17.5 Å². The van der Waals surface area contributed by atoms with Gasteiger partial charge in [-0.2, -0.15) is 5.26 Å². The molecule has 4 heteroatoms. The molecule has 1 aliphatic rings. The lowest BCUT2D eigenvalue weighted by Gasteiger charge is -2.06. The molecule has 19 heavy (non-hydrogen) atoms. The van der Waals surface area contributed by atoms with E-state index in [9.17, 15) is 0 Å². The van der Waals surface area contributed by atoms with Gasteiger partial charge in [0.2, 0.25) is 0 Å². The molecule has 0 spiro atoms. The van der Waals surface area contributed by atoms with E-state index in [-0.39, 0.29) is 0 Å². The number of fused-ring (bicyclic) bond motifs is 1. The van der Waals surface area contributed by atoms with E-state index in [2.05, 4.69) is 28.2 Å². The lowest BCUT2D eigenvalue weighted by molar-refractivity contribution is 1.05. The molecular weight excluding hydrogens is 236 g/mol. The smallest absolute Gasteiger partial charge is 0.163 e. The average Bonchev–Trinajstić information content (AvgIpc) is 2.47. The Bertz CT molecular complexity index is 800. The van der Waals surface area contributed by atoms with Gasteiger partial charge in [-0.1, -0.05) is 24.3 Å². The number of nitrogens with zero attached hydrogens (tertiary/aromatic N) is 3. The monoisotopic (exact) mass is 248 g/mol. The van der Waals surface area contributed by atoms with E-state index in [1.165, 1.54) is 0 Å². The molecule has 0 saturated carbocycles. The first-order valence-corrected chi connectivity index (χ1v) is 6.13. The van der Waals surface area contributed by atoms with Crippen molar-refractivity contribution in [3.63, 3.8) is 0 Å². The third-order valence-electron chi connectivity index (χ3n) is 3.15. The first-order valence-electron chi connectivity index (χ1n) is 6.13. The van der Waals surface area contributed by atoms with Crippen LogP contribution in [0.3, 0.4) is 0 Å². The molecule has 0 aliphatic heterocycles. The first-order chi connectivity index (χ1) is 9.29. The number of anilines is 1. The maximum Gasteiger partial charge on any atom is 0.163 e. The molecule has 0 saturated heterocycles. The number of hydrogen-bond donors (Lipinski definition) is 1. The van der Waals surface area contributed by atoms with Crippen molar-refractivity contribution < 1.29 is 0 Å². The third kappa shape index (κ3) is 1.95. The summed E-state index contributed by atoms with van der Waals surface area (Å²) in [4.78, 5) is 8.85. The average molecular weight is 248 g/mol. The summed E-state index contributed by atoms with van der Waals surface area (Å²) in [7, 11) is 0. The maximum atomic E-state index is 9.14. The fourth-order valence-corrected chi connectivity index (χ4v) is 2.21. The van der Waals surface area contributed by atoms with Gasteiger partial charge in [0.1, 0.15) is 5.82 Å². The highest BCUT2D eigenvalue weighted by Gasteiger charge is 2.09. The van der Waals surface area contributed by atoms with Crippen LogP contribution in [-0.4, -0.2) is 9.97 Å². The van der Waals surface area contributed by atoms with Gasteiger partial charge in [-0.05, 0) is 25.0 Å². The van der Waals surface area contributed by atoms with E-state index in [0.717, 1.165) is 29.0 Å². The molecule has 0 radical (unpaired) electrons. The molecule has 0 unspecified atom stereocenters. The van der Waals surface area contributed by atoms with Crippen LogP contribution in [0.5, 0.6) is 0 Å². The minimum Gasteiger partial charge on any atom is -0.383 e. The van der Waals surface area contributed by atoms with E-state index < -0.39 is 0 Å². The third-order valence-corrected chi connectivity index (χ3v) is 3.15. The molecule has 0 amide bonds. The Hall–Kier alpha value is -2.67. The van der Waals surface area contributed by atoms with Crippen LogP contribution in [0, 0.1) is 11.3 Å². The fraction of sp³-hybridized carbons (Fsp3) is 0.133. The molecule has 0 atom stereocenters. The molecule has 0 bridgehead atoms. The SMILES string of the molecule is N#Cc1ccccc1-c1nc(N)c2c(n1)=CCCC=2. The Balaban J connectivity index is 2.29. The summed E-state index contributed by atoms with van der Waals surface area (Å²) >= 11 is 0. The van der Waals surface area contributed by atoms with E-state index >= 15 is 0 Å². The normalized spacial score (nSPS) is 12.8. The van der Waals surface area contributed by atoms with Crippen molar-refractivity contribution in [1.29, 1.82) is 5.26 Å². The summed E-state index contributed by atoms with van der Waals surface area (Å²) in [6.07, 6.45) is 6.05. The second-order valence-corrected chi connectivity index (χ2v) is 4.37. The zero-order chi connectivity index (χ0) is 13.2. The number of benzene rings is 1. The van der Waals surface area contributed by atoms with Crippen molar-refractivity contribution in [2.75, 3.05) is 5.73 Å². The van der Waals surface area contributed by atoms with Crippen molar-refractivity contribution in [3.05, 3.63) is 40.4 Å². The van der Waals surface area contributed by atoms with Gasteiger partial charge < -0.3 is 5.73 Å². The van der Waals surface area contributed by atoms with Gasteiger partial charge in [-0.3, -0.25) is 0 Å². The highest BCUT2D eigenvalue weighted by atomic mass is 14.9. The number of hydrogen-bond acceptors (Lipinski definition) is 4. The second-order valence-electron chi connectivity index (χ2n) is 4.37. The van der Waals surface area contributed by atoms with Crippen LogP contribution in [0.15, 0.2) is 24.3 Å². The summed E-state index contributed by atoms with van der Waals surface area (Å²) in [6, 6.07) is 9.44. The number of aromatic nitrogens is 2. The number of nitriles is 1. The van der Waals surface area contributed by atoms with Crippen LogP contribution in [0.2, 0.25) is 0 Å². The molecule has 92 valence electrons. The molecule has 3 rings (SSSR count). The molecule has 1 aromatic carbocycles. The summed E-state index contributed by atoms with van der Waals surface area (Å²) < 4.78 is 0. The lowest BCUT2D eigenvalue weighted by Crippen LogP contribution is -2.34. The van der Waals surface area contributed by atoms with Gasteiger partial charge in [-0.15, -0.1) is 0 Å². The summed E-state index contributed by atoms with van der Waals surface area (Å²) in [5.41, 5.74) is 7.26. The Morgan fingerprint density at radius 3 is 2.74 bits per heavy atom. The minimum absolute atomic E-state index is 0.476. The van der Waals surface area contributed by atoms with Gasteiger partial charge in [0.25, 0.3) is 0 Å². The molecule has 1 heterocycles. The number of nitrogen functional groups attached to an aromatic ring is 1. The molecule has 2 N–H and O–H groups in total. The van der Waals surface area contributed by atoms with Crippen LogP contribution in [0.1, 0.15) is 18.4 Å². The molecule has 1 aliphatic carbocycles. The van der Waals surface area contributed by atoms with Gasteiger partial charge in [0.05, 0.1) is 17.0 Å². The molecular formula is C15H12N4. The minimum atomic E-state index is 0.476. The largest absolute Gasteiger partial charge is 0.383 e. The Kier molecular flexibility index (Phi) is 2.73. The van der Waals surface area contributed by atoms with Crippen LogP contribution in [-0.2, 0) is 0 Å². The maximum absolute atomic E-state index is 9.14. The predicted molar refractivity (Wildman–Crippen MR) is 74.0 cm³/mol. The molecule has 0 fully saturated rings. The lowest BCUT2D eigenvalue weighted by atomic mass is 10.1. The van der Waals surface area contributed by atoms with Crippen LogP contribution >= 0.6 is 0 Å². The number of rotatable bonds is 1. The summed E-state index contributed by atoms with van der Waals surface area (Å²) in [5, 5.41) is 10.9. The molecule has 2 aromatic rings. The Labute approximate surface area is 110 Å². The van der Waals surface area contributed by atoms with Crippen molar-refractivity contribution in [2.45, 2.75) is 12.8 Å². The highest BCUT2D eigenvalue weighted by molar-refractivity contribution is 5.65. The summed E-state index contributed by atoms with van der Waals surface area (Å²) in [6.45, 7) is 0.